The number of carboxylic acid groups (broad SMARTS) is 1. The van der Waals surface area contributed by atoms with E-state index in [1.54, 1.807) is 18.0 Å². The van der Waals surface area contributed by atoms with E-state index >= 15 is 0 Å². The van der Waals surface area contributed by atoms with E-state index in [0.29, 0.717) is 6.42 Å². The van der Waals surface area contributed by atoms with Gasteiger partial charge in [0.15, 0.2) is 0 Å². The number of aromatic nitrogens is 1. The molecule has 1 aliphatic rings. The molecule has 4 heteroatoms. The molecular weight excluding hydrogens is 258 g/mol. The van der Waals surface area contributed by atoms with E-state index in [1.165, 1.54) is 0 Å². The van der Waals surface area contributed by atoms with E-state index in [9.17, 15) is 9.90 Å². The average molecular weight is 273 g/mol. The molecular formula is C15H15NO2S. The largest absolute Gasteiger partial charge is 0.480 e. The number of pyridine rings is 1. The number of hydrogen-bond acceptors (Lipinski definition) is 3. The van der Waals surface area contributed by atoms with E-state index < -0.39 is 10.7 Å². The summed E-state index contributed by atoms with van der Waals surface area (Å²) >= 11 is 1.58. The normalized spacial score (nSPS) is 22.7. The summed E-state index contributed by atoms with van der Waals surface area (Å²) in [5.41, 5.74) is 2.03. The van der Waals surface area contributed by atoms with E-state index in [4.69, 9.17) is 0 Å². The lowest BCUT2D eigenvalue weighted by Gasteiger charge is -2.23. The fourth-order valence-electron chi connectivity index (χ4n) is 2.65. The molecule has 0 amide bonds. The molecule has 98 valence electrons. The Morgan fingerprint density at radius 3 is 3.05 bits per heavy atom. The molecule has 1 aliphatic heterocycles. The van der Waals surface area contributed by atoms with Gasteiger partial charge in [-0.1, -0.05) is 12.1 Å². The third-order valence-electron chi connectivity index (χ3n) is 3.65. The fraction of sp³-hybridized carbons (Fsp3) is 0.333. The van der Waals surface area contributed by atoms with Gasteiger partial charge in [0.1, 0.15) is 4.75 Å². The Balaban J connectivity index is 1.94. The highest BCUT2D eigenvalue weighted by Gasteiger charge is 2.42. The Labute approximate surface area is 116 Å². The van der Waals surface area contributed by atoms with Gasteiger partial charge in [0.2, 0.25) is 0 Å². The van der Waals surface area contributed by atoms with Crippen LogP contribution in [0.25, 0.3) is 10.9 Å². The molecule has 3 rings (SSSR count). The van der Waals surface area contributed by atoms with Crippen LogP contribution < -0.4 is 0 Å². The van der Waals surface area contributed by atoms with Crippen LogP contribution in [0, 0.1) is 0 Å². The van der Waals surface area contributed by atoms with E-state index in [0.717, 1.165) is 35.1 Å². The minimum atomic E-state index is -0.679. The van der Waals surface area contributed by atoms with Crippen molar-refractivity contribution in [2.45, 2.75) is 24.0 Å². The molecule has 1 saturated heterocycles. The summed E-state index contributed by atoms with van der Waals surface area (Å²) in [7, 11) is 0. The Morgan fingerprint density at radius 2 is 2.32 bits per heavy atom. The van der Waals surface area contributed by atoms with Gasteiger partial charge in [-0.05, 0) is 48.8 Å². The average Bonchev–Trinajstić information content (AvgIpc) is 2.88. The SMILES string of the molecule is O=C(O)C1(Cc2ccc3ncccc3c2)CCCS1. The van der Waals surface area contributed by atoms with Gasteiger partial charge in [0.05, 0.1) is 5.52 Å². The molecule has 0 bridgehead atoms. The minimum absolute atomic E-state index is 0.595. The van der Waals surface area contributed by atoms with Crippen molar-refractivity contribution in [2.24, 2.45) is 0 Å². The van der Waals surface area contributed by atoms with Crippen molar-refractivity contribution in [1.82, 2.24) is 4.98 Å². The van der Waals surface area contributed by atoms with Crippen molar-refractivity contribution < 1.29 is 9.90 Å². The maximum absolute atomic E-state index is 11.6. The van der Waals surface area contributed by atoms with Crippen LogP contribution in [0.4, 0.5) is 0 Å². The second-order valence-electron chi connectivity index (χ2n) is 4.96. The topological polar surface area (TPSA) is 50.2 Å². The summed E-state index contributed by atoms with van der Waals surface area (Å²) in [6, 6.07) is 9.95. The first-order chi connectivity index (χ1) is 9.20. The molecule has 0 spiro atoms. The zero-order valence-corrected chi connectivity index (χ0v) is 11.3. The van der Waals surface area contributed by atoms with E-state index in [1.807, 2.05) is 24.3 Å². The Bertz CT molecular complexity index is 620. The minimum Gasteiger partial charge on any atom is -0.480 e. The first-order valence-electron chi connectivity index (χ1n) is 6.41. The summed E-state index contributed by atoms with van der Waals surface area (Å²) in [4.78, 5) is 15.8. The summed E-state index contributed by atoms with van der Waals surface area (Å²) < 4.78 is -0.629. The number of thioether (sulfide) groups is 1. The number of aliphatic carboxylic acids is 1. The third kappa shape index (κ3) is 2.32. The monoisotopic (exact) mass is 273 g/mol. The van der Waals surface area contributed by atoms with Gasteiger partial charge >= 0.3 is 5.97 Å². The van der Waals surface area contributed by atoms with Crippen molar-refractivity contribution in [3.8, 4) is 0 Å². The highest BCUT2D eigenvalue weighted by atomic mass is 32.2. The molecule has 3 nitrogen and oxygen atoms in total. The van der Waals surface area contributed by atoms with Gasteiger partial charge < -0.3 is 5.11 Å². The zero-order chi connectivity index (χ0) is 13.3. The van der Waals surface area contributed by atoms with Crippen LogP contribution in [0.1, 0.15) is 18.4 Å². The fourth-order valence-corrected chi connectivity index (χ4v) is 4.01. The van der Waals surface area contributed by atoms with Crippen molar-refractivity contribution >= 4 is 28.6 Å². The highest BCUT2D eigenvalue weighted by Crippen LogP contribution is 2.41. The number of carbonyl (C=O) groups is 1. The Hall–Kier alpha value is -1.55. The van der Waals surface area contributed by atoms with Gasteiger partial charge in [0, 0.05) is 11.6 Å². The maximum Gasteiger partial charge on any atom is 0.320 e. The number of nitrogens with zero attached hydrogens (tertiary/aromatic N) is 1. The summed E-state index contributed by atoms with van der Waals surface area (Å²) in [5, 5.41) is 10.6. The molecule has 19 heavy (non-hydrogen) atoms. The lowest BCUT2D eigenvalue weighted by Crippen LogP contribution is -2.34. The number of carboxylic acids is 1. The molecule has 0 saturated carbocycles. The standard InChI is InChI=1S/C15H15NO2S/c17-14(18)15(6-2-8-19-15)10-11-4-5-13-12(9-11)3-1-7-16-13/h1,3-5,7,9H,2,6,8,10H2,(H,17,18). The molecule has 1 aromatic heterocycles. The smallest absolute Gasteiger partial charge is 0.320 e. The quantitative estimate of drug-likeness (QED) is 0.933. The third-order valence-corrected chi connectivity index (χ3v) is 5.22. The second kappa shape index (κ2) is 4.85. The first-order valence-corrected chi connectivity index (χ1v) is 7.39. The Morgan fingerprint density at radius 1 is 1.42 bits per heavy atom. The van der Waals surface area contributed by atoms with Crippen molar-refractivity contribution in [3.05, 3.63) is 42.1 Å². The molecule has 0 aliphatic carbocycles. The van der Waals surface area contributed by atoms with Gasteiger partial charge in [-0.25, -0.2) is 0 Å². The van der Waals surface area contributed by atoms with Crippen LogP contribution in [0.5, 0.6) is 0 Å². The van der Waals surface area contributed by atoms with Crippen LogP contribution in [-0.4, -0.2) is 26.6 Å². The summed E-state index contributed by atoms with van der Waals surface area (Å²) in [6.07, 6.45) is 4.12. The van der Waals surface area contributed by atoms with Crippen LogP contribution in [0.3, 0.4) is 0 Å². The van der Waals surface area contributed by atoms with E-state index in [2.05, 4.69) is 11.1 Å². The molecule has 1 N–H and O–H groups in total. The maximum atomic E-state index is 11.6. The highest BCUT2D eigenvalue weighted by molar-refractivity contribution is 8.01. The van der Waals surface area contributed by atoms with Crippen molar-refractivity contribution in [3.63, 3.8) is 0 Å². The number of benzene rings is 1. The molecule has 2 aromatic rings. The Kier molecular flexibility index (Phi) is 3.19. The van der Waals surface area contributed by atoms with Crippen LogP contribution in [-0.2, 0) is 11.2 Å². The first kappa shape index (κ1) is 12.5. The van der Waals surface area contributed by atoms with Gasteiger partial charge in [0.25, 0.3) is 0 Å². The predicted octanol–water partition coefficient (Wildman–Crippen LogP) is 3.13. The van der Waals surface area contributed by atoms with Crippen molar-refractivity contribution in [1.29, 1.82) is 0 Å². The number of fused-ring (bicyclic) bond motifs is 1. The molecule has 1 unspecified atom stereocenters. The number of hydrogen-bond donors (Lipinski definition) is 1. The molecule has 1 fully saturated rings. The molecule has 0 radical (unpaired) electrons. The second-order valence-corrected chi connectivity index (χ2v) is 6.44. The van der Waals surface area contributed by atoms with Crippen LogP contribution in [0.2, 0.25) is 0 Å². The van der Waals surface area contributed by atoms with Gasteiger partial charge in [-0.3, -0.25) is 9.78 Å². The van der Waals surface area contributed by atoms with Crippen LogP contribution in [0.15, 0.2) is 36.5 Å². The van der Waals surface area contributed by atoms with Gasteiger partial charge in [-0.15, -0.1) is 11.8 Å². The zero-order valence-electron chi connectivity index (χ0n) is 10.5. The molecule has 1 aromatic carbocycles. The summed E-state index contributed by atoms with van der Waals surface area (Å²) in [6.45, 7) is 0. The molecule has 1 atom stereocenters. The van der Waals surface area contributed by atoms with Gasteiger partial charge in [-0.2, -0.15) is 0 Å². The lowest BCUT2D eigenvalue weighted by atomic mass is 9.94. The molecule has 2 heterocycles. The van der Waals surface area contributed by atoms with Crippen molar-refractivity contribution in [2.75, 3.05) is 5.75 Å². The predicted molar refractivity (Wildman–Crippen MR) is 77.5 cm³/mol. The van der Waals surface area contributed by atoms with Crippen LogP contribution >= 0.6 is 11.8 Å². The lowest BCUT2D eigenvalue weighted by molar-refractivity contribution is -0.139. The number of rotatable bonds is 3. The van der Waals surface area contributed by atoms with E-state index in [-0.39, 0.29) is 0 Å². The summed E-state index contributed by atoms with van der Waals surface area (Å²) in [5.74, 6) is 0.267.